The van der Waals surface area contributed by atoms with E-state index in [0.717, 1.165) is 5.56 Å². The number of amides is 3. The van der Waals surface area contributed by atoms with Crippen LogP contribution in [0.2, 0.25) is 0 Å². The van der Waals surface area contributed by atoms with Crippen molar-refractivity contribution in [2.24, 2.45) is 0 Å². The van der Waals surface area contributed by atoms with Crippen LogP contribution in [-0.4, -0.2) is 42.9 Å². The summed E-state index contributed by atoms with van der Waals surface area (Å²) < 4.78 is 22.9. The molecule has 8 nitrogen and oxygen atoms in total. The minimum atomic E-state index is -3.06. The van der Waals surface area contributed by atoms with E-state index in [9.17, 15) is 18.0 Å². The molecule has 0 saturated carbocycles. The topological polar surface area (TPSA) is 117 Å². The van der Waals surface area contributed by atoms with Gasteiger partial charge in [0.05, 0.1) is 11.5 Å². The van der Waals surface area contributed by atoms with E-state index in [0.29, 0.717) is 24.2 Å². The Labute approximate surface area is 157 Å². The van der Waals surface area contributed by atoms with Gasteiger partial charge in [-0.15, -0.1) is 0 Å². The molecule has 2 heterocycles. The number of carbonyl (C=O) groups excluding carboxylic acids is 2. The summed E-state index contributed by atoms with van der Waals surface area (Å²) in [7, 11) is -3.06. The molecule has 142 valence electrons. The molecule has 3 N–H and O–H groups in total. The van der Waals surface area contributed by atoms with Crippen LogP contribution >= 0.6 is 0 Å². The lowest BCUT2D eigenvalue weighted by molar-refractivity contribution is 0.0951. The van der Waals surface area contributed by atoms with Crippen LogP contribution in [-0.2, 0) is 16.4 Å². The highest BCUT2D eigenvalue weighted by Crippen LogP contribution is 2.13. The normalized spacial score (nSPS) is 17.9. The summed E-state index contributed by atoms with van der Waals surface area (Å²) in [5, 5.41) is 8.06. The Kier molecular flexibility index (Phi) is 5.70. The van der Waals surface area contributed by atoms with Crippen molar-refractivity contribution in [2.45, 2.75) is 19.0 Å². The van der Waals surface area contributed by atoms with Crippen LogP contribution in [0.3, 0.4) is 0 Å². The highest BCUT2D eigenvalue weighted by atomic mass is 32.2. The number of urea groups is 1. The predicted molar refractivity (Wildman–Crippen MR) is 101 cm³/mol. The molecule has 0 radical (unpaired) electrons. The smallest absolute Gasteiger partial charge is 0.319 e. The lowest BCUT2D eigenvalue weighted by Crippen LogP contribution is -2.38. The summed E-state index contributed by atoms with van der Waals surface area (Å²) in [6.07, 6.45) is 3.74. The van der Waals surface area contributed by atoms with Crippen molar-refractivity contribution < 1.29 is 18.0 Å². The number of hydrogen-bond donors (Lipinski definition) is 3. The van der Waals surface area contributed by atoms with Crippen LogP contribution in [0.4, 0.5) is 10.5 Å². The number of hydrogen-bond acceptors (Lipinski definition) is 5. The fourth-order valence-electron chi connectivity index (χ4n) is 2.79. The molecule has 1 atom stereocenters. The van der Waals surface area contributed by atoms with Crippen LogP contribution in [0.25, 0.3) is 0 Å². The second-order valence-electron chi connectivity index (χ2n) is 6.32. The molecule has 9 heteroatoms. The van der Waals surface area contributed by atoms with Crippen LogP contribution in [0.5, 0.6) is 0 Å². The van der Waals surface area contributed by atoms with Crippen molar-refractivity contribution in [3.8, 4) is 0 Å². The van der Waals surface area contributed by atoms with E-state index in [2.05, 4.69) is 20.9 Å². The molecule has 1 aliphatic rings. The Balaban J connectivity index is 1.55. The third kappa shape index (κ3) is 5.52. The third-order valence-corrected chi connectivity index (χ3v) is 5.89. The summed E-state index contributed by atoms with van der Waals surface area (Å²) in [6.45, 7) is 0.348. The van der Waals surface area contributed by atoms with Crippen LogP contribution < -0.4 is 16.0 Å². The van der Waals surface area contributed by atoms with Gasteiger partial charge in [-0.3, -0.25) is 9.78 Å². The quantitative estimate of drug-likeness (QED) is 0.714. The van der Waals surface area contributed by atoms with Gasteiger partial charge in [0.2, 0.25) is 0 Å². The Morgan fingerprint density at radius 3 is 2.74 bits per heavy atom. The van der Waals surface area contributed by atoms with E-state index >= 15 is 0 Å². The number of sulfone groups is 1. The van der Waals surface area contributed by atoms with Crippen molar-refractivity contribution in [2.75, 3.05) is 16.8 Å². The monoisotopic (exact) mass is 388 g/mol. The second kappa shape index (κ2) is 8.17. The minimum Gasteiger partial charge on any atom is -0.348 e. The number of nitrogens with zero attached hydrogens (tertiary/aromatic N) is 1. The lowest BCUT2D eigenvalue weighted by Gasteiger charge is -2.12. The number of benzene rings is 1. The number of rotatable bonds is 5. The maximum Gasteiger partial charge on any atom is 0.319 e. The molecule has 1 aliphatic heterocycles. The molecule has 2 aromatic rings. The molecule has 1 unspecified atom stereocenters. The zero-order valence-corrected chi connectivity index (χ0v) is 15.3. The van der Waals surface area contributed by atoms with Gasteiger partial charge in [-0.25, -0.2) is 13.2 Å². The first-order chi connectivity index (χ1) is 12.9. The molecule has 1 aromatic heterocycles. The van der Waals surface area contributed by atoms with Crippen molar-refractivity contribution in [3.05, 3.63) is 59.9 Å². The van der Waals surface area contributed by atoms with Gasteiger partial charge in [-0.05, 0) is 36.2 Å². The van der Waals surface area contributed by atoms with Crippen molar-refractivity contribution in [3.63, 3.8) is 0 Å². The third-order valence-electron chi connectivity index (χ3n) is 4.13. The molecule has 0 bridgehead atoms. The molecule has 1 fully saturated rings. The first-order valence-corrected chi connectivity index (χ1v) is 10.3. The van der Waals surface area contributed by atoms with Gasteiger partial charge in [-0.2, -0.15) is 0 Å². The number of anilines is 1. The van der Waals surface area contributed by atoms with Crippen LogP contribution in [0, 0.1) is 0 Å². The summed E-state index contributed by atoms with van der Waals surface area (Å²) in [4.78, 5) is 28.3. The van der Waals surface area contributed by atoms with Crippen molar-refractivity contribution >= 4 is 27.5 Å². The number of pyridine rings is 1. The van der Waals surface area contributed by atoms with Gasteiger partial charge in [0, 0.05) is 36.2 Å². The average Bonchev–Trinajstić information content (AvgIpc) is 2.99. The second-order valence-corrected chi connectivity index (χ2v) is 8.55. The molecular weight excluding hydrogens is 368 g/mol. The molecule has 27 heavy (non-hydrogen) atoms. The Morgan fingerprint density at radius 1 is 1.19 bits per heavy atom. The fraction of sp³-hybridized carbons (Fsp3) is 0.278. The highest BCUT2D eigenvalue weighted by Gasteiger charge is 2.28. The molecule has 3 rings (SSSR count). The van der Waals surface area contributed by atoms with E-state index in [-0.39, 0.29) is 23.5 Å². The van der Waals surface area contributed by atoms with Crippen molar-refractivity contribution in [1.29, 1.82) is 0 Å². The van der Waals surface area contributed by atoms with E-state index in [1.807, 2.05) is 6.07 Å². The summed E-state index contributed by atoms with van der Waals surface area (Å²) in [5.74, 6) is -0.230. The molecule has 3 amide bonds. The zero-order valence-electron chi connectivity index (χ0n) is 14.5. The Morgan fingerprint density at radius 2 is 2.04 bits per heavy atom. The molecule has 1 saturated heterocycles. The van der Waals surface area contributed by atoms with E-state index in [1.165, 1.54) is 0 Å². The predicted octanol–water partition coefficient (Wildman–Crippen LogP) is 1.32. The first-order valence-electron chi connectivity index (χ1n) is 8.46. The number of nitrogens with one attached hydrogen (secondary N) is 3. The largest absolute Gasteiger partial charge is 0.348 e. The molecular formula is C18H20N4O4S. The SMILES string of the molecule is O=C(Nc1cccc(C(=O)NCc2cccnc2)c1)NC1CCS(=O)(=O)C1. The maximum absolute atomic E-state index is 12.3. The maximum atomic E-state index is 12.3. The van der Waals surface area contributed by atoms with E-state index in [1.54, 1.807) is 42.7 Å². The summed E-state index contributed by atoms with van der Waals surface area (Å²) in [6, 6.07) is 9.29. The van der Waals surface area contributed by atoms with Gasteiger partial charge in [-0.1, -0.05) is 12.1 Å². The van der Waals surface area contributed by atoms with Crippen molar-refractivity contribution in [1.82, 2.24) is 15.6 Å². The van der Waals surface area contributed by atoms with Gasteiger partial charge in [0.15, 0.2) is 9.84 Å². The van der Waals surface area contributed by atoms with E-state index in [4.69, 9.17) is 0 Å². The number of carbonyl (C=O) groups is 2. The van der Waals surface area contributed by atoms with Gasteiger partial charge in [0.25, 0.3) is 5.91 Å². The first kappa shape index (κ1) is 18.8. The molecule has 0 spiro atoms. The summed E-state index contributed by atoms with van der Waals surface area (Å²) in [5.41, 5.74) is 1.73. The lowest BCUT2D eigenvalue weighted by atomic mass is 10.2. The molecule has 0 aliphatic carbocycles. The molecule has 1 aromatic carbocycles. The Bertz CT molecular complexity index is 931. The Hall–Kier alpha value is -2.94. The fourth-order valence-corrected chi connectivity index (χ4v) is 4.46. The van der Waals surface area contributed by atoms with Gasteiger partial charge in [0.1, 0.15) is 0 Å². The zero-order chi connectivity index (χ0) is 19.3. The minimum absolute atomic E-state index is 0.0444. The van der Waals surface area contributed by atoms with Crippen LogP contribution in [0.15, 0.2) is 48.8 Å². The average molecular weight is 388 g/mol. The van der Waals surface area contributed by atoms with Gasteiger partial charge >= 0.3 is 6.03 Å². The van der Waals surface area contributed by atoms with Gasteiger partial charge < -0.3 is 16.0 Å². The number of aromatic nitrogens is 1. The standard InChI is InChI=1S/C18H20N4O4S/c23-17(20-11-13-3-2-7-19-10-13)14-4-1-5-15(9-14)21-18(24)22-16-6-8-27(25,26)12-16/h1-5,7,9-10,16H,6,8,11-12H2,(H,20,23)(H2,21,22,24). The van der Waals surface area contributed by atoms with Crippen LogP contribution in [0.1, 0.15) is 22.3 Å². The summed E-state index contributed by atoms with van der Waals surface area (Å²) >= 11 is 0. The van der Waals surface area contributed by atoms with E-state index < -0.39 is 15.9 Å². The highest BCUT2D eigenvalue weighted by molar-refractivity contribution is 7.91.